The second-order valence-electron chi connectivity index (χ2n) is 4.73. The van der Waals surface area contributed by atoms with E-state index in [1.165, 1.54) is 0 Å². The molecule has 1 heterocycles. The third kappa shape index (κ3) is 4.45. The summed E-state index contributed by atoms with van der Waals surface area (Å²) in [7, 11) is -3.29. The number of sulfone groups is 1. The number of nitrogens with zero attached hydrogens (tertiary/aromatic N) is 2. The molecule has 0 saturated carbocycles. The van der Waals surface area contributed by atoms with E-state index in [2.05, 4.69) is 17.1 Å². The summed E-state index contributed by atoms with van der Waals surface area (Å²) in [4.78, 5) is 4.12. The molecular formula is C14H18N2O3S. The van der Waals surface area contributed by atoms with Crippen LogP contribution in [0.4, 0.5) is 0 Å². The van der Waals surface area contributed by atoms with Gasteiger partial charge in [0.2, 0.25) is 5.89 Å². The maximum atomic E-state index is 12.1. The van der Waals surface area contributed by atoms with E-state index < -0.39 is 9.84 Å². The fraction of sp³-hybridized carbons (Fsp3) is 0.429. The van der Waals surface area contributed by atoms with Gasteiger partial charge in [0.1, 0.15) is 5.75 Å². The zero-order valence-corrected chi connectivity index (χ0v) is 12.3. The number of benzene rings is 1. The van der Waals surface area contributed by atoms with Crippen molar-refractivity contribution in [2.75, 3.05) is 0 Å². The van der Waals surface area contributed by atoms with Gasteiger partial charge in [-0.2, -0.15) is 4.98 Å². The largest absolute Gasteiger partial charge is 0.338 e. The number of hydrogen-bond donors (Lipinski definition) is 0. The predicted octanol–water partition coefficient (Wildman–Crippen LogP) is 2.53. The Morgan fingerprint density at radius 1 is 1.15 bits per heavy atom. The van der Waals surface area contributed by atoms with Crippen LogP contribution in [-0.4, -0.2) is 18.6 Å². The Balaban J connectivity index is 1.99. The van der Waals surface area contributed by atoms with Gasteiger partial charge in [0.15, 0.2) is 15.7 Å². The van der Waals surface area contributed by atoms with Crippen LogP contribution in [-0.2, 0) is 27.8 Å². The van der Waals surface area contributed by atoms with E-state index in [0.717, 1.165) is 24.8 Å². The summed E-state index contributed by atoms with van der Waals surface area (Å²) in [6.07, 6.45) is 2.73. The van der Waals surface area contributed by atoms with Gasteiger partial charge >= 0.3 is 0 Å². The molecule has 6 heteroatoms. The monoisotopic (exact) mass is 294 g/mol. The lowest BCUT2D eigenvalue weighted by molar-refractivity contribution is 0.382. The van der Waals surface area contributed by atoms with Gasteiger partial charge in [-0.15, -0.1) is 0 Å². The van der Waals surface area contributed by atoms with Crippen LogP contribution in [0.1, 0.15) is 37.0 Å². The van der Waals surface area contributed by atoms with Gasteiger partial charge in [0.25, 0.3) is 0 Å². The number of hydrogen-bond acceptors (Lipinski definition) is 5. The molecule has 2 aromatic rings. The predicted molar refractivity (Wildman–Crippen MR) is 75.7 cm³/mol. The minimum atomic E-state index is -3.29. The van der Waals surface area contributed by atoms with Crippen LogP contribution in [0, 0.1) is 0 Å². The van der Waals surface area contributed by atoms with Gasteiger partial charge in [-0.3, -0.25) is 0 Å². The summed E-state index contributed by atoms with van der Waals surface area (Å²) in [5, 5.41) is 3.79. The zero-order valence-electron chi connectivity index (χ0n) is 11.4. The van der Waals surface area contributed by atoms with E-state index in [4.69, 9.17) is 4.52 Å². The maximum Gasteiger partial charge on any atom is 0.241 e. The molecule has 2 rings (SSSR count). The molecule has 0 unspecified atom stereocenters. The van der Waals surface area contributed by atoms with Crippen molar-refractivity contribution in [3.63, 3.8) is 0 Å². The summed E-state index contributed by atoms with van der Waals surface area (Å²) in [5.41, 5.74) is 0.762. The lowest BCUT2D eigenvalue weighted by Crippen LogP contribution is -2.08. The van der Waals surface area contributed by atoms with Crippen molar-refractivity contribution in [3.8, 4) is 0 Å². The van der Waals surface area contributed by atoms with Crippen LogP contribution in [0.25, 0.3) is 0 Å². The van der Waals surface area contributed by atoms with Gasteiger partial charge in [-0.25, -0.2) is 8.42 Å². The van der Waals surface area contributed by atoms with Crippen LogP contribution < -0.4 is 0 Å². The highest BCUT2D eigenvalue weighted by Crippen LogP contribution is 2.11. The molecular weight excluding hydrogens is 276 g/mol. The lowest BCUT2D eigenvalue weighted by atomic mass is 10.2. The summed E-state index contributed by atoms with van der Waals surface area (Å²) in [5.74, 6) is 0.533. The average molecular weight is 294 g/mol. The Morgan fingerprint density at radius 3 is 2.60 bits per heavy atom. The molecule has 0 N–H and O–H groups in total. The standard InChI is InChI=1S/C14H18N2O3S/c1-2-3-9-13-15-14(19-16-13)11-20(17,18)10-12-7-5-4-6-8-12/h4-8H,2-3,9-11H2,1H3. The van der Waals surface area contributed by atoms with Crippen molar-refractivity contribution in [1.29, 1.82) is 0 Å². The molecule has 20 heavy (non-hydrogen) atoms. The van der Waals surface area contributed by atoms with E-state index in [1.807, 2.05) is 18.2 Å². The Bertz CT molecular complexity index is 635. The number of aromatic nitrogens is 2. The lowest BCUT2D eigenvalue weighted by Gasteiger charge is -2.01. The molecule has 0 fully saturated rings. The molecule has 108 valence electrons. The highest BCUT2D eigenvalue weighted by Gasteiger charge is 2.17. The Hall–Kier alpha value is -1.69. The van der Waals surface area contributed by atoms with Crippen molar-refractivity contribution >= 4 is 9.84 Å². The van der Waals surface area contributed by atoms with Crippen LogP contribution in [0.15, 0.2) is 34.9 Å². The zero-order chi connectivity index (χ0) is 14.4. The van der Waals surface area contributed by atoms with Crippen LogP contribution in [0.5, 0.6) is 0 Å². The second kappa shape index (κ2) is 6.65. The van der Waals surface area contributed by atoms with E-state index in [-0.39, 0.29) is 17.4 Å². The molecule has 1 aromatic heterocycles. The first-order valence-electron chi connectivity index (χ1n) is 6.65. The topological polar surface area (TPSA) is 73.1 Å². The van der Waals surface area contributed by atoms with Crippen LogP contribution >= 0.6 is 0 Å². The van der Waals surface area contributed by atoms with Crippen molar-refractivity contribution in [2.45, 2.75) is 37.7 Å². The molecule has 0 aliphatic heterocycles. The van der Waals surface area contributed by atoms with Crippen LogP contribution in [0.3, 0.4) is 0 Å². The molecule has 1 aromatic carbocycles. The van der Waals surface area contributed by atoms with Gasteiger partial charge in [-0.1, -0.05) is 48.8 Å². The first-order chi connectivity index (χ1) is 9.59. The Labute approximate surface area is 118 Å². The van der Waals surface area contributed by atoms with E-state index in [1.54, 1.807) is 12.1 Å². The van der Waals surface area contributed by atoms with Gasteiger partial charge in [0.05, 0.1) is 5.75 Å². The minimum Gasteiger partial charge on any atom is -0.338 e. The molecule has 5 nitrogen and oxygen atoms in total. The first-order valence-corrected chi connectivity index (χ1v) is 8.47. The molecule has 0 bridgehead atoms. The van der Waals surface area contributed by atoms with Crippen molar-refractivity contribution in [2.24, 2.45) is 0 Å². The Kier molecular flexibility index (Phi) is 4.89. The highest BCUT2D eigenvalue weighted by molar-refractivity contribution is 7.89. The fourth-order valence-electron chi connectivity index (χ4n) is 1.85. The summed E-state index contributed by atoms with van der Waals surface area (Å²) in [6, 6.07) is 9.07. The number of aryl methyl sites for hydroxylation is 1. The molecule has 0 atom stereocenters. The summed E-state index contributed by atoms with van der Waals surface area (Å²) >= 11 is 0. The molecule has 0 aliphatic rings. The minimum absolute atomic E-state index is 0.0134. The number of rotatable bonds is 7. The smallest absolute Gasteiger partial charge is 0.241 e. The molecule has 0 radical (unpaired) electrons. The molecule has 0 saturated heterocycles. The normalized spacial score (nSPS) is 11.7. The van der Waals surface area contributed by atoms with E-state index >= 15 is 0 Å². The molecule has 0 aliphatic carbocycles. The van der Waals surface area contributed by atoms with E-state index in [0.29, 0.717) is 5.82 Å². The first kappa shape index (κ1) is 14.7. The van der Waals surface area contributed by atoms with Gasteiger partial charge < -0.3 is 4.52 Å². The third-order valence-corrected chi connectivity index (χ3v) is 4.30. The molecule has 0 spiro atoms. The summed E-state index contributed by atoms with van der Waals surface area (Å²) < 4.78 is 29.1. The van der Waals surface area contributed by atoms with Crippen LogP contribution in [0.2, 0.25) is 0 Å². The molecule has 0 amide bonds. The second-order valence-corrected chi connectivity index (χ2v) is 6.79. The third-order valence-electron chi connectivity index (χ3n) is 2.84. The van der Waals surface area contributed by atoms with E-state index in [9.17, 15) is 8.42 Å². The fourth-order valence-corrected chi connectivity index (χ4v) is 3.15. The van der Waals surface area contributed by atoms with Crippen molar-refractivity contribution in [1.82, 2.24) is 10.1 Å². The van der Waals surface area contributed by atoms with Gasteiger partial charge in [-0.05, 0) is 12.0 Å². The SMILES string of the molecule is CCCCc1noc(CS(=O)(=O)Cc2ccccc2)n1. The highest BCUT2D eigenvalue weighted by atomic mass is 32.2. The van der Waals surface area contributed by atoms with Crippen molar-refractivity contribution < 1.29 is 12.9 Å². The van der Waals surface area contributed by atoms with Crippen molar-refractivity contribution in [3.05, 3.63) is 47.6 Å². The van der Waals surface area contributed by atoms with Gasteiger partial charge in [0, 0.05) is 6.42 Å². The maximum absolute atomic E-state index is 12.1. The summed E-state index contributed by atoms with van der Waals surface area (Å²) in [6.45, 7) is 2.07. The quantitative estimate of drug-likeness (QED) is 0.784. The Morgan fingerprint density at radius 2 is 1.90 bits per heavy atom. The average Bonchev–Trinajstić information content (AvgIpc) is 2.83. The number of unbranched alkanes of at least 4 members (excludes halogenated alkanes) is 1.